The number of benzene rings is 3. The van der Waals surface area contributed by atoms with E-state index >= 15 is 0 Å². The molecule has 0 saturated heterocycles. The first-order chi connectivity index (χ1) is 25.6. The number of rotatable bonds is 9. The number of carbonyl (C=O) groups excluding carboxylic acids is 1. The molecule has 0 unspecified atom stereocenters. The van der Waals surface area contributed by atoms with Crippen LogP contribution in [0.3, 0.4) is 0 Å². The lowest BCUT2D eigenvalue weighted by molar-refractivity contribution is 0.0600. The molecule has 0 fully saturated rings. The number of nitrogens with one attached hydrogen (secondary N) is 2. The zero-order valence-corrected chi connectivity index (χ0v) is 29.4. The Kier molecular flexibility index (Phi) is 9.19. The topological polar surface area (TPSA) is 83.7 Å². The molecule has 3 aromatic heterocycles. The first-order valence-corrected chi connectivity index (χ1v) is 18.1. The highest BCUT2D eigenvalue weighted by Gasteiger charge is 2.19. The van der Waals surface area contributed by atoms with Crippen LogP contribution in [0.15, 0.2) is 109 Å². The molecule has 52 heavy (non-hydrogen) atoms. The van der Waals surface area contributed by atoms with Crippen LogP contribution < -0.4 is 0 Å². The molecule has 256 valence electrons. The lowest BCUT2D eigenvalue weighted by Gasteiger charge is -2.07. The number of hydrogen-bond donors (Lipinski definition) is 2. The molecule has 6 aromatic rings. The Labute approximate surface area is 303 Å². The van der Waals surface area contributed by atoms with Gasteiger partial charge in [0.1, 0.15) is 0 Å². The van der Waals surface area contributed by atoms with Gasteiger partial charge in [-0.25, -0.2) is 14.8 Å². The van der Waals surface area contributed by atoms with Crippen molar-refractivity contribution in [1.29, 1.82) is 0 Å². The van der Waals surface area contributed by atoms with Gasteiger partial charge in [0.05, 0.1) is 35.4 Å². The van der Waals surface area contributed by atoms with Gasteiger partial charge in [0.2, 0.25) is 0 Å². The van der Waals surface area contributed by atoms with Crippen molar-refractivity contribution in [2.75, 3.05) is 7.11 Å². The van der Waals surface area contributed by atoms with Gasteiger partial charge in [0.25, 0.3) is 0 Å². The highest BCUT2D eigenvalue weighted by molar-refractivity contribution is 5.99. The summed E-state index contributed by atoms with van der Waals surface area (Å²) in [5.74, 6) is -0.381. The summed E-state index contributed by atoms with van der Waals surface area (Å²) in [6.45, 7) is 2.24. The lowest BCUT2D eigenvalue weighted by atomic mass is 10.0. The largest absolute Gasteiger partial charge is 0.465 e. The van der Waals surface area contributed by atoms with E-state index in [9.17, 15) is 4.79 Å². The predicted molar refractivity (Wildman–Crippen MR) is 214 cm³/mol. The number of hydrogen-bond acceptors (Lipinski definition) is 4. The van der Waals surface area contributed by atoms with E-state index in [1.54, 1.807) is 6.07 Å². The molecule has 2 N–H and O–H groups in total. The molecule has 8 rings (SSSR count). The van der Waals surface area contributed by atoms with Crippen LogP contribution in [0.2, 0.25) is 0 Å². The molecule has 8 bridgehead atoms. The molecule has 0 saturated carbocycles. The van der Waals surface area contributed by atoms with Crippen LogP contribution in [0.1, 0.15) is 71.3 Å². The zero-order chi connectivity index (χ0) is 35.4. The second-order valence-electron chi connectivity index (χ2n) is 13.2. The van der Waals surface area contributed by atoms with E-state index in [1.807, 2.05) is 30.3 Å². The summed E-state index contributed by atoms with van der Waals surface area (Å²) in [7, 11) is 1.41. The fraction of sp³-hybridized carbons (Fsp3) is 0.152. The first-order valence-electron chi connectivity index (χ1n) is 18.1. The Hall–Kier alpha value is -6.27. The number of unbranched alkanes of at least 4 members (excludes halogenated alkanes) is 3. The number of carbonyl (C=O) groups is 1. The van der Waals surface area contributed by atoms with E-state index in [4.69, 9.17) is 14.7 Å². The van der Waals surface area contributed by atoms with Crippen molar-refractivity contribution in [3.05, 3.63) is 143 Å². The minimum atomic E-state index is -0.381. The second-order valence-corrected chi connectivity index (χ2v) is 13.2. The summed E-state index contributed by atoms with van der Waals surface area (Å²) in [6, 6.07) is 37.0. The normalized spacial score (nSPS) is 12.0. The molecule has 5 heterocycles. The van der Waals surface area contributed by atoms with E-state index in [-0.39, 0.29) is 5.97 Å². The summed E-state index contributed by atoms with van der Waals surface area (Å²) >= 11 is 0. The minimum Gasteiger partial charge on any atom is -0.465 e. The number of fused-ring (bicyclic) bond motifs is 8. The van der Waals surface area contributed by atoms with E-state index in [0.29, 0.717) is 5.56 Å². The van der Waals surface area contributed by atoms with Crippen LogP contribution in [0.4, 0.5) is 0 Å². The maximum Gasteiger partial charge on any atom is 0.337 e. The number of ether oxygens (including phenoxy) is 1. The van der Waals surface area contributed by atoms with Crippen molar-refractivity contribution in [2.24, 2.45) is 0 Å². The van der Waals surface area contributed by atoms with Gasteiger partial charge in [0.15, 0.2) is 0 Å². The number of nitrogens with zero attached hydrogens (tertiary/aromatic N) is 2. The Morgan fingerprint density at radius 2 is 1.06 bits per heavy atom. The van der Waals surface area contributed by atoms with Crippen molar-refractivity contribution in [1.82, 2.24) is 19.9 Å². The van der Waals surface area contributed by atoms with E-state index in [1.165, 1.54) is 25.5 Å². The number of aryl methyl sites for hydroxylation is 1. The zero-order valence-electron chi connectivity index (χ0n) is 29.4. The summed E-state index contributed by atoms with van der Waals surface area (Å²) in [4.78, 5) is 31.0. The molecule has 0 radical (unpaired) electrons. The number of aromatic amines is 2. The van der Waals surface area contributed by atoms with E-state index in [2.05, 4.69) is 114 Å². The first kappa shape index (κ1) is 32.9. The summed E-state index contributed by atoms with van der Waals surface area (Å²) < 4.78 is 5.10. The second kappa shape index (κ2) is 14.5. The molecule has 2 aliphatic rings. The smallest absolute Gasteiger partial charge is 0.337 e. The van der Waals surface area contributed by atoms with Gasteiger partial charge in [0, 0.05) is 44.3 Å². The standard InChI is InChI=1S/C46H40N4O2/c1-3-4-5-12-20-34-35-21-23-37(47-35)43(30-14-8-6-9-15-30)38-25-26-39(49-38)44(31-16-10-7-11-17-31)40-27-28-42(50-40)45(41-24-22-36(34)48-41)32-18-13-19-33(29-32)46(51)52-2/h6-11,13-19,21-29,48-49H,3-5,12,20H2,1-2H3. The van der Waals surface area contributed by atoms with Crippen LogP contribution in [0.25, 0.3) is 79.8 Å². The highest BCUT2D eigenvalue weighted by Crippen LogP contribution is 2.37. The van der Waals surface area contributed by atoms with Crippen molar-refractivity contribution >= 4 is 52.3 Å². The molecule has 2 aliphatic heterocycles. The Morgan fingerprint density at radius 1 is 0.558 bits per heavy atom. The average molecular weight is 681 g/mol. The van der Waals surface area contributed by atoms with Crippen LogP contribution in [-0.2, 0) is 11.2 Å². The van der Waals surface area contributed by atoms with Crippen molar-refractivity contribution in [2.45, 2.75) is 39.0 Å². The third-order valence-electron chi connectivity index (χ3n) is 9.84. The van der Waals surface area contributed by atoms with Gasteiger partial charge in [-0.15, -0.1) is 0 Å². The fourth-order valence-electron chi connectivity index (χ4n) is 7.30. The van der Waals surface area contributed by atoms with Crippen molar-refractivity contribution in [3.8, 4) is 33.4 Å². The highest BCUT2D eigenvalue weighted by atomic mass is 16.5. The minimum absolute atomic E-state index is 0.381. The lowest BCUT2D eigenvalue weighted by Crippen LogP contribution is -2.01. The summed E-state index contributed by atoms with van der Waals surface area (Å²) in [5.41, 5.74) is 15.0. The molecule has 3 aromatic carbocycles. The number of esters is 1. The molecular formula is C46H40N4O2. The Bertz CT molecular complexity index is 2510. The van der Waals surface area contributed by atoms with Crippen molar-refractivity contribution in [3.63, 3.8) is 0 Å². The molecular weight excluding hydrogens is 641 g/mol. The van der Waals surface area contributed by atoms with Crippen LogP contribution in [0, 0.1) is 0 Å². The Balaban J connectivity index is 1.51. The fourth-order valence-corrected chi connectivity index (χ4v) is 7.30. The maximum absolute atomic E-state index is 12.7. The van der Waals surface area contributed by atoms with E-state index < -0.39 is 0 Å². The van der Waals surface area contributed by atoms with Gasteiger partial charge < -0.3 is 14.7 Å². The van der Waals surface area contributed by atoms with Crippen LogP contribution in [0.5, 0.6) is 0 Å². The maximum atomic E-state index is 12.7. The number of methoxy groups -OCH3 is 1. The molecule has 0 spiro atoms. The predicted octanol–water partition coefficient (Wildman–Crippen LogP) is 11.6. The monoisotopic (exact) mass is 680 g/mol. The quantitative estimate of drug-likeness (QED) is 0.117. The summed E-state index contributed by atoms with van der Waals surface area (Å²) in [6.07, 6.45) is 14.0. The van der Waals surface area contributed by atoms with Crippen molar-refractivity contribution < 1.29 is 9.53 Å². The molecule has 0 amide bonds. The summed E-state index contributed by atoms with van der Waals surface area (Å²) in [5, 5.41) is 0. The van der Waals surface area contributed by atoms with Gasteiger partial charge >= 0.3 is 5.97 Å². The Morgan fingerprint density at radius 3 is 1.63 bits per heavy atom. The molecule has 6 heteroatoms. The van der Waals surface area contributed by atoms with Gasteiger partial charge in [-0.1, -0.05) is 99.0 Å². The SMILES string of the molecule is CCCCCCc1c2nc(c(-c3ccccc3)c3ccc([nH]3)c(-c3ccccc3)c3nc(c(-c4cccc(C(=O)OC)c4)c4ccc1[nH]4)C=C3)C=C2. The van der Waals surface area contributed by atoms with E-state index in [0.717, 1.165) is 97.5 Å². The third kappa shape index (κ3) is 6.40. The van der Waals surface area contributed by atoms with Crippen LogP contribution >= 0.6 is 0 Å². The van der Waals surface area contributed by atoms with Gasteiger partial charge in [-0.05, 0) is 90.2 Å². The molecule has 0 atom stereocenters. The molecule has 6 nitrogen and oxygen atoms in total. The van der Waals surface area contributed by atoms with Gasteiger partial charge in [-0.2, -0.15) is 0 Å². The van der Waals surface area contributed by atoms with Gasteiger partial charge in [-0.3, -0.25) is 0 Å². The molecule has 0 aliphatic carbocycles. The van der Waals surface area contributed by atoms with Crippen LogP contribution in [-0.4, -0.2) is 33.0 Å². The number of H-pyrrole nitrogens is 2. The third-order valence-corrected chi connectivity index (χ3v) is 9.84. The number of aromatic nitrogens is 4. The average Bonchev–Trinajstić information content (AvgIpc) is 4.03.